The van der Waals surface area contributed by atoms with Crippen LogP contribution in [0.15, 0.2) is 61.1 Å². The zero-order chi connectivity index (χ0) is 17.9. The van der Waals surface area contributed by atoms with Crippen molar-refractivity contribution >= 4 is 17.5 Å². The number of aromatic nitrogens is 5. The summed E-state index contributed by atoms with van der Waals surface area (Å²) < 4.78 is 8.95. The third-order valence-electron chi connectivity index (χ3n) is 3.79. The van der Waals surface area contributed by atoms with E-state index in [0.29, 0.717) is 11.4 Å². The molecule has 1 amide bonds. The quantitative estimate of drug-likeness (QED) is 0.598. The monoisotopic (exact) mass is 348 g/mol. The summed E-state index contributed by atoms with van der Waals surface area (Å²) in [5.74, 6) is 1.36. The van der Waals surface area contributed by atoms with Gasteiger partial charge in [0.1, 0.15) is 11.6 Å². The molecule has 0 atom stereocenters. The Balaban J connectivity index is 1.53. The number of amides is 1. The highest BCUT2D eigenvalue weighted by atomic mass is 16.5. The van der Waals surface area contributed by atoms with E-state index in [4.69, 9.17) is 4.74 Å². The number of rotatable bonds is 5. The smallest absolute Gasteiger partial charge is 0.264 e. The van der Waals surface area contributed by atoms with Crippen LogP contribution in [-0.4, -0.2) is 36.7 Å². The van der Waals surface area contributed by atoms with Crippen molar-refractivity contribution < 1.29 is 9.53 Å². The first kappa shape index (κ1) is 15.8. The van der Waals surface area contributed by atoms with Crippen LogP contribution >= 0.6 is 0 Å². The van der Waals surface area contributed by atoms with Gasteiger partial charge in [-0.25, -0.2) is 9.50 Å². The number of carbonyl (C=O) groups excluding carboxylic acids is 1. The molecule has 0 radical (unpaired) electrons. The van der Waals surface area contributed by atoms with Crippen molar-refractivity contribution in [2.45, 2.75) is 6.92 Å². The Bertz CT molecular complexity index is 1050. The number of hydrogen-bond acceptors (Lipinski definition) is 5. The molecule has 4 rings (SSSR count). The summed E-state index contributed by atoms with van der Waals surface area (Å²) in [6.07, 6.45) is 5.35. The van der Waals surface area contributed by atoms with Gasteiger partial charge in [0.15, 0.2) is 12.3 Å². The molecule has 3 heterocycles. The minimum absolute atomic E-state index is 0.118. The number of para-hydroxylation sites is 1. The number of fused-ring (bicyclic) bond motifs is 1. The molecular weight excluding hydrogens is 332 g/mol. The molecule has 130 valence electrons. The summed E-state index contributed by atoms with van der Waals surface area (Å²) in [5, 5.41) is 6.95. The van der Waals surface area contributed by atoms with Gasteiger partial charge >= 0.3 is 0 Å². The van der Waals surface area contributed by atoms with Crippen LogP contribution in [0.25, 0.3) is 11.3 Å². The van der Waals surface area contributed by atoms with E-state index in [9.17, 15) is 4.79 Å². The zero-order valence-electron chi connectivity index (χ0n) is 14.0. The largest absolute Gasteiger partial charge is 0.484 e. The Hall–Kier alpha value is -3.68. The summed E-state index contributed by atoms with van der Waals surface area (Å²) in [7, 11) is 0. The summed E-state index contributed by atoms with van der Waals surface area (Å²) >= 11 is 0. The number of nitrogens with zero attached hydrogens (tertiary/aromatic N) is 5. The van der Waals surface area contributed by atoms with E-state index < -0.39 is 0 Å². The van der Waals surface area contributed by atoms with Crippen molar-refractivity contribution in [2.75, 3.05) is 11.9 Å². The molecule has 1 aromatic carbocycles. The molecule has 3 aromatic heterocycles. The topological polar surface area (TPSA) is 86.3 Å². The Labute approximate surface area is 149 Å². The number of nitrogens with one attached hydrogen (secondary N) is 1. The van der Waals surface area contributed by atoms with Gasteiger partial charge in [-0.3, -0.25) is 10.1 Å². The van der Waals surface area contributed by atoms with Crippen LogP contribution in [0.1, 0.15) is 5.82 Å². The van der Waals surface area contributed by atoms with E-state index in [-0.39, 0.29) is 18.5 Å². The predicted molar refractivity (Wildman–Crippen MR) is 95.4 cm³/mol. The molecule has 0 saturated carbocycles. The van der Waals surface area contributed by atoms with Gasteiger partial charge in [0, 0.05) is 18.6 Å². The van der Waals surface area contributed by atoms with Gasteiger partial charge in [0.2, 0.25) is 5.95 Å². The molecule has 0 fully saturated rings. The fraction of sp³-hybridized carbons (Fsp3) is 0.111. The molecule has 4 aromatic rings. The van der Waals surface area contributed by atoms with E-state index in [1.807, 2.05) is 48.0 Å². The normalized spacial score (nSPS) is 10.8. The average molecular weight is 348 g/mol. The van der Waals surface area contributed by atoms with Crippen molar-refractivity contribution in [3.05, 3.63) is 66.9 Å². The zero-order valence-corrected chi connectivity index (χ0v) is 14.0. The molecule has 8 heteroatoms. The average Bonchev–Trinajstić information content (AvgIpc) is 3.26. The van der Waals surface area contributed by atoms with Crippen molar-refractivity contribution in [1.29, 1.82) is 0 Å². The van der Waals surface area contributed by atoms with E-state index >= 15 is 0 Å². The first-order valence-electron chi connectivity index (χ1n) is 8.04. The fourth-order valence-electron chi connectivity index (χ4n) is 2.59. The number of aryl methyl sites for hydroxylation is 1. The minimum Gasteiger partial charge on any atom is -0.484 e. The number of benzene rings is 1. The third-order valence-corrected chi connectivity index (χ3v) is 3.79. The van der Waals surface area contributed by atoms with Gasteiger partial charge in [-0.05, 0) is 31.2 Å². The third kappa shape index (κ3) is 3.12. The van der Waals surface area contributed by atoms with Gasteiger partial charge in [-0.2, -0.15) is 4.98 Å². The molecule has 1 N–H and O–H groups in total. The molecule has 0 bridgehead atoms. The standard InChI is InChI=1S/C18H16N6O2/c1-13-19-9-11-23(13)15-8-5-10-24-17(15)21-18(22-24)20-16(25)12-26-14-6-3-2-4-7-14/h2-11H,12H2,1H3,(H,20,22,25). The lowest BCUT2D eigenvalue weighted by Gasteiger charge is -2.05. The lowest BCUT2D eigenvalue weighted by molar-refractivity contribution is -0.118. The van der Waals surface area contributed by atoms with Crippen molar-refractivity contribution in [3.8, 4) is 11.4 Å². The van der Waals surface area contributed by atoms with Gasteiger partial charge in [-0.15, -0.1) is 5.10 Å². The van der Waals surface area contributed by atoms with Crippen LogP contribution in [0.5, 0.6) is 5.75 Å². The van der Waals surface area contributed by atoms with Crippen molar-refractivity contribution in [1.82, 2.24) is 24.1 Å². The fourth-order valence-corrected chi connectivity index (χ4v) is 2.59. The molecule has 8 nitrogen and oxygen atoms in total. The number of carbonyl (C=O) groups is 1. The Morgan fingerprint density at radius 3 is 2.77 bits per heavy atom. The minimum atomic E-state index is -0.329. The SMILES string of the molecule is Cc1nccn1-c1cccn2nc(NC(=O)COc3ccccc3)nc12. The summed E-state index contributed by atoms with van der Waals surface area (Å²) in [5.41, 5.74) is 1.45. The first-order chi connectivity index (χ1) is 12.7. The van der Waals surface area contributed by atoms with Crippen LogP contribution in [-0.2, 0) is 4.79 Å². The van der Waals surface area contributed by atoms with E-state index in [0.717, 1.165) is 11.5 Å². The molecule has 0 saturated heterocycles. The number of ether oxygens (including phenoxy) is 1. The molecule has 0 aliphatic rings. The number of anilines is 1. The van der Waals surface area contributed by atoms with E-state index in [1.54, 1.807) is 29.0 Å². The van der Waals surface area contributed by atoms with Gasteiger partial charge in [-0.1, -0.05) is 18.2 Å². The van der Waals surface area contributed by atoms with Crippen LogP contribution in [0.4, 0.5) is 5.95 Å². The summed E-state index contributed by atoms with van der Waals surface area (Å²) in [4.78, 5) is 20.7. The Morgan fingerprint density at radius 1 is 1.15 bits per heavy atom. The highest BCUT2D eigenvalue weighted by Gasteiger charge is 2.13. The predicted octanol–water partition coefficient (Wildman–Crippen LogP) is 2.24. The van der Waals surface area contributed by atoms with Crippen LogP contribution < -0.4 is 10.1 Å². The van der Waals surface area contributed by atoms with Gasteiger partial charge in [0.05, 0.1) is 5.69 Å². The molecule has 0 spiro atoms. The highest BCUT2D eigenvalue weighted by Crippen LogP contribution is 2.17. The number of hydrogen-bond donors (Lipinski definition) is 1. The Morgan fingerprint density at radius 2 is 2.00 bits per heavy atom. The van der Waals surface area contributed by atoms with Crippen molar-refractivity contribution in [2.24, 2.45) is 0 Å². The first-order valence-corrected chi connectivity index (χ1v) is 8.04. The van der Waals surface area contributed by atoms with Crippen LogP contribution in [0.3, 0.4) is 0 Å². The summed E-state index contributed by atoms with van der Waals surface area (Å²) in [6.45, 7) is 1.79. The van der Waals surface area contributed by atoms with Crippen LogP contribution in [0, 0.1) is 6.92 Å². The molecule has 0 unspecified atom stereocenters. The molecule has 26 heavy (non-hydrogen) atoms. The second-order valence-corrected chi connectivity index (χ2v) is 5.59. The van der Waals surface area contributed by atoms with E-state index in [2.05, 4.69) is 20.4 Å². The molecule has 0 aliphatic heterocycles. The second-order valence-electron chi connectivity index (χ2n) is 5.59. The number of pyridine rings is 1. The van der Waals surface area contributed by atoms with E-state index in [1.165, 1.54) is 0 Å². The highest BCUT2D eigenvalue weighted by molar-refractivity contribution is 5.90. The Kier molecular flexibility index (Phi) is 4.06. The molecule has 0 aliphatic carbocycles. The second kappa shape index (κ2) is 6.67. The lowest BCUT2D eigenvalue weighted by atomic mass is 10.3. The number of imidazole rings is 1. The lowest BCUT2D eigenvalue weighted by Crippen LogP contribution is -2.20. The van der Waals surface area contributed by atoms with Gasteiger partial charge < -0.3 is 9.30 Å². The summed E-state index contributed by atoms with van der Waals surface area (Å²) in [6, 6.07) is 12.9. The van der Waals surface area contributed by atoms with Gasteiger partial charge in [0.25, 0.3) is 5.91 Å². The maximum absolute atomic E-state index is 12.1. The van der Waals surface area contributed by atoms with Crippen molar-refractivity contribution in [3.63, 3.8) is 0 Å². The van der Waals surface area contributed by atoms with Crippen LogP contribution in [0.2, 0.25) is 0 Å². The maximum Gasteiger partial charge on any atom is 0.264 e. The molecular formula is C18H16N6O2. The maximum atomic E-state index is 12.1.